The average molecular weight is 317 g/mol. The van der Waals surface area contributed by atoms with Crippen molar-refractivity contribution in [2.75, 3.05) is 7.11 Å². The van der Waals surface area contributed by atoms with Crippen LogP contribution >= 0.6 is 11.6 Å². The number of fused-ring (bicyclic) bond motifs is 1. The molecule has 7 heteroatoms. The molecular weight excluding hydrogens is 304 g/mol. The van der Waals surface area contributed by atoms with Gasteiger partial charge in [-0.2, -0.15) is 0 Å². The summed E-state index contributed by atoms with van der Waals surface area (Å²) < 4.78 is 5.00. The topological polar surface area (TPSA) is 79.9 Å². The van der Waals surface area contributed by atoms with Crippen LogP contribution < -0.4 is 10.1 Å². The third-order valence-electron chi connectivity index (χ3n) is 3.12. The molecule has 0 radical (unpaired) electrons. The SMILES string of the molecule is COc1cc(C(=O)NCc2nc3ccc(Cl)cc3[nH]2)ccn1. The number of hydrogen-bond acceptors (Lipinski definition) is 4. The monoisotopic (exact) mass is 316 g/mol. The number of hydrogen-bond donors (Lipinski definition) is 2. The summed E-state index contributed by atoms with van der Waals surface area (Å²) in [6.45, 7) is 0.287. The van der Waals surface area contributed by atoms with E-state index in [9.17, 15) is 4.79 Å². The Bertz CT molecular complexity index is 831. The molecule has 2 N–H and O–H groups in total. The Morgan fingerprint density at radius 1 is 1.36 bits per heavy atom. The number of ether oxygens (including phenoxy) is 1. The van der Waals surface area contributed by atoms with Gasteiger partial charge in [0.05, 0.1) is 24.7 Å². The smallest absolute Gasteiger partial charge is 0.251 e. The summed E-state index contributed by atoms with van der Waals surface area (Å²) in [4.78, 5) is 23.6. The van der Waals surface area contributed by atoms with Crippen molar-refractivity contribution in [2.24, 2.45) is 0 Å². The van der Waals surface area contributed by atoms with Gasteiger partial charge in [-0.25, -0.2) is 9.97 Å². The number of imidazole rings is 1. The van der Waals surface area contributed by atoms with E-state index < -0.39 is 0 Å². The summed E-state index contributed by atoms with van der Waals surface area (Å²) in [6, 6.07) is 8.59. The molecule has 0 aliphatic heterocycles. The van der Waals surface area contributed by atoms with Crippen molar-refractivity contribution in [3.63, 3.8) is 0 Å². The molecule has 0 saturated carbocycles. The Balaban J connectivity index is 1.71. The summed E-state index contributed by atoms with van der Waals surface area (Å²) >= 11 is 5.93. The van der Waals surface area contributed by atoms with Crippen LogP contribution in [0.3, 0.4) is 0 Å². The molecule has 3 rings (SSSR count). The largest absolute Gasteiger partial charge is 0.481 e. The number of halogens is 1. The summed E-state index contributed by atoms with van der Waals surface area (Å²) in [6.07, 6.45) is 1.52. The van der Waals surface area contributed by atoms with Crippen LogP contribution in [0.25, 0.3) is 11.0 Å². The molecular formula is C15H13ClN4O2. The maximum Gasteiger partial charge on any atom is 0.251 e. The molecule has 0 aliphatic carbocycles. The highest BCUT2D eigenvalue weighted by atomic mass is 35.5. The van der Waals surface area contributed by atoms with Gasteiger partial charge < -0.3 is 15.0 Å². The van der Waals surface area contributed by atoms with Gasteiger partial charge in [-0.3, -0.25) is 4.79 Å². The molecule has 22 heavy (non-hydrogen) atoms. The van der Waals surface area contributed by atoms with Gasteiger partial charge in [0.15, 0.2) is 0 Å². The quantitative estimate of drug-likeness (QED) is 0.775. The van der Waals surface area contributed by atoms with E-state index >= 15 is 0 Å². The first-order chi connectivity index (χ1) is 10.7. The summed E-state index contributed by atoms with van der Waals surface area (Å²) in [5, 5.41) is 3.43. The molecule has 0 atom stereocenters. The third kappa shape index (κ3) is 3.01. The fraction of sp³-hybridized carbons (Fsp3) is 0.133. The first-order valence-electron chi connectivity index (χ1n) is 6.58. The van der Waals surface area contributed by atoms with Crippen LogP contribution in [0.2, 0.25) is 5.02 Å². The van der Waals surface area contributed by atoms with Crippen LogP contribution in [0.15, 0.2) is 36.5 Å². The predicted octanol–water partition coefficient (Wildman–Crippen LogP) is 2.55. The highest BCUT2D eigenvalue weighted by Crippen LogP contribution is 2.17. The molecule has 1 amide bonds. The highest BCUT2D eigenvalue weighted by molar-refractivity contribution is 6.31. The molecule has 6 nitrogen and oxygen atoms in total. The number of nitrogens with one attached hydrogen (secondary N) is 2. The summed E-state index contributed by atoms with van der Waals surface area (Å²) in [7, 11) is 1.50. The van der Waals surface area contributed by atoms with Gasteiger partial charge in [0.2, 0.25) is 5.88 Å². The van der Waals surface area contributed by atoms with Crippen LogP contribution in [0.4, 0.5) is 0 Å². The van der Waals surface area contributed by atoms with E-state index in [1.807, 2.05) is 6.07 Å². The average Bonchev–Trinajstić information content (AvgIpc) is 2.94. The Morgan fingerprint density at radius 2 is 2.23 bits per heavy atom. The second-order valence-corrected chi connectivity index (χ2v) is 5.05. The van der Waals surface area contributed by atoms with Crippen LogP contribution in [-0.2, 0) is 6.54 Å². The van der Waals surface area contributed by atoms with Crippen molar-refractivity contribution in [3.8, 4) is 5.88 Å². The van der Waals surface area contributed by atoms with E-state index in [-0.39, 0.29) is 12.5 Å². The number of pyridine rings is 1. The molecule has 1 aromatic carbocycles. The highest BCUT2D eigenvalue weighted by Gasteiger charge is 2.09. The van der Waals surface area contributed by atoms with Crippen molar-refractivity contribution in [1.82, 2.24) is 20.3 Å². The second kappa shape index (κ2) is 6.03. The minimum absolute atomic E-state index is 0.223. The van der Waals surface area contributed by atoms with Crippen molar-refractivity contribution in [2.45, 2.75) is 6.54 Å². The number of aromatic nitrogens is 3. The van der Waals surface area contributed by atoms with Gasteiger partial charge in [0.1, 0.15) is 5.82 Å². The van der Waals surface area contributed by atoms with Crippen molar-refractivity contribution < 1.29 is 9.53 Å². The number of amides is 1. The Morgan fingerprint density at radius 3 is 3.05 bits per heavy atom. The molecule has 2 aromatic heterocycles. The lowest BCUT2D eigenvalue weighted by molar-refractivity contribution is 0.0949. The van der Waals surface area contributed by atoms with Crippen molar-refractivity contribution in [3.05, 3.63) is 52.9 Å². The van der Waals surface area contributed by atoms with Crippen LogP contribution in [-0.4, -0.2) is 28.0 Å². The molecule has 0 fully saturated rings. The Labute approximate surface area is 131 Å². The maximum atomic E-state index is 12.1. The van der Waals surface area contributed by atoms with Gasteiger partial charge in [-0.05, 0) is 24.3 Å². The number of carbonyl (C=O) groups excluding carboxylic acids is 1. The van der Waals surface area contributed by atoms with Gasteiger partial charge in [-0.1, -0.05) is 11.6 Å². The minimum atomic E-state index is -0.223. The Kier molecular flexibility index (Phi) is 3.93. The summed E-state index contributed by atoms with van der Waals surface area (Å²) in [5.41, 5.74) is 2.12. The minimum Gasteiger partial charge on any atom is -0.481 e. The van der Waals surface area contributed by atoms with Crippen molar-refractivity contribution in [1.29, 1.82) is 0 Å². The molecule has 0 spiro atoms. The predicted molar refractivity (Wildman–Crippen MR) is 83.1 cm³/mol. The van der Waals surface area contributed by atoms with Gasteiger partial charge in [0.25, 0.3) is 5.91 Å². The maximum absolute atomic E-state index is 12.1. The zero-order valence-corrected chi connectivity index (χ0v) is 12.5. The number of nitrogens with zero attached hydrogens (tertiary/aromatic N) is 2. The summed E-state index contributed by atoms with van der Waals surface area (Å²) in [5.74, 6) is 0.830. The lowest BCUT2D eigenvalue weighted by atomic mass is 10.2. The van der Waals surface area contributed by atoms with Crippen LogP contribution in [0.1, 0.15) is 16.2 Å². The van der Waals surface area contributed by atoms with E-state index in [0.717, 1.165) is 11.0 Å². The number of benzene rings is 1. The zero-order valence-electron chi connectivity index (χ0n) is 11.8. The van der Waals surface area contributed by atoms with Crippen LogP contribution in [0.5, 0.6) is 5.88 Å². The number of rotatable bonds is 4. The van der Waals surface area contributed by atoms with E-state index in [1.165, 1.54) is 13.3 Å². The lowest BCUT2D eigenvalue weighted by Crippen LogP contribution is -2.23. The first-order valence-corrected chi connectivity index (χ1v) is 6.96. The second-order valence-electron chi connectivity index (χ2n) is 4.61. The number of carbonyl (C=O) groups is 1. The molecule has 0 aliphatic rings. The molecule has 112 valence electrons. The van der Waals surface area contributed by atoms with E-state index in [0.29, 0.717) is 22.3 Å². The van der Waals surface area contributed by atoms with Gasteiger partial charge >= 0.3 is 0 Å². The fourth-order valence-corrected chi connectivity index (χ4v) is 2.22. The lowest BCUT2D eigenvalue weighted by Gasteiger charge is -2.04. The molecule has 2 heterocycles. The van der Waals surface area contributed by atoms with Crippen molar-refractivity contribution >= 4 is 28.5 Å². The fourth-order valence-electron chi connectivity index (χ4n) is 2.05. The molecule has 3 aromatic rings. The number of methoxy groups -OCH3 is 1. The first kappa shape index (κ1) is 14.3. The Hall–Kier alpha value is -2.60. The third-order valence-corrected chi connectivity index (χ3v) is 3.35. The molecule has 0 bridgehead atoms. The van der Waals surface area contributed by atoms with E-state index in [2.05, 4.69) is 20.3 Å². The molecule has 0 saturated heterocycles. The standard InChI is InChI=1S/C15H13ClN4O2/c1-22-14-6-9(4-5-17-14)15(21)18-8-13-19-11-3-2-10(16)7-12(11)20-13/h2-7H,8H2,1H3,(H,18,21)(H,19,20). The van der Waals surface area contributed by atoms with E-state index in [4.69, 9.17) is 16.3 Å². The van der Waals surface area contributed by atoms with E-state index in [1.54, 1.807) is 24.3 Å². The van der Waals surface area contributed by atoms with Gasteiger partial charge in [0, 0.05) is 22.8 Å². The zero-order chi connectivity index (χ0) is 15.5. The normalized spacial score (nSPS) is 10.6. The van der Waals surface area contributed by atoms with Gasteiger partial charge in [-0.15, -0.1) is 0 Å². The number of aromatic amines is 1. The molecule has 0 unspecified atom stereocenters. The number of H-pyrrole nitrogens is 1. The van der Waals surface area contributed by atoms with Crippen LogP contribution in [0, 0.1) is 0 Å².